The zero-order chi connectivity index (χ0) is 13.0. The minimum atomic E-state index is -0.399. The second-order valence-electron chi connectivity index (χ2n) is 5.92. The fourth-order valence-electron chi connectivity index (χ4n) is 3.42. The summed E-state index contributed by atoms with van der Waals surface area (Å²) in [6.45, 7) is 2.11. The number of hydrogen-bond donors (Lipinski definition) is 1. The number of ether oxygens (including phenoxy) is 1. The van der Waals surface area contributed by atoms with Crippen molar-refractivity contribution in [2.45, 2.75) is 76.3 Å². The number of esters is 1. The van der Waals surface area contributed by atoms with Crippen molar-refractivity contribution in [2.24, 2.45) is 5.92 Å². The number of carbonyl (C=O) groups is 1. The van der Waals surface area contributed by atoms with E-state index in [2.05, 4.69) is 12.2 Å². The van der Waals surface area contributed by atoms with Crippen molar-refractivity contribution in [3.8, 4) is 0 Å². The molecule has 0 amide bonds. The lowest BCUT2D eigenvalue weighted by molar-refractivity contribution is -0.150. The molecule has 1 unspecified atom stereocenters. The molecule has 0 aliphatic heterocycles. The lowest BCUT2D eigenvalue weighted by Crippen LogP contribution is -2.57. The Hall–Kier alpha value is -0.570. The second kappa shape index (κ2) is 6.05. The molecule has 2 aliphatic carbocycles. The normalized spacial score (nSPS) is 25.2. The van der Waals surface area contributed by atoms with Crippen LogP contribution in [0.5, 0.6) is 0 Å². The molecule has 0 aromatic carbocycles. The standard InChI is InChI=1S/C15H27NO2/c1-3-15(12-10-11-12,14(17)18-2)16-13-8-6-4-5-7-9-13/h12-13,16H,3-11H2,1-2H3. The van der Waals surface area contributed by atoms with Crippen LogP contribution in [-0.2, 0) is 9.53 Å². The fraction of sp³-hybridized carbons (Fsp3) is 0.933. The summed E-state index contributed by atoms with van der Waals surface area (Å²) in [6, 6.07) is 0.507. The lowest BCUT2D eigenvalue weighted by atomic mass is 9.88. The van der Waals surface area contributed by atoms with E-state index in [4.69, 9.17) is 4.74 Å². The van der Waals surface area contributed by atoms with Crippen molar-refractivity contribution in [3.05, 3.63) is 0 Å². The molecule has 0 aromatic rings. The minimum Gasteiger partial charge on any atom is -0.468 e. The van der Waals surface area contributed by atoms with Gasteiger partial charge in [-0.25, -0.2) is 0 Å². The Labute approximate surface area is 111 Å². The zero-order valence-electron chi connectivity index (χ0n) is 11.8. The van der Waals surface area contributed by atoms with E-state index in [0.29, 0.717) is 12.0 Å². The molecule has 0 radical (unpaired) electrons. The van der Waals surface area contributed by atoms with E-state index in [9.17, 15) is 4.79 Å². The highest BCUT2D eigenvalue weighted by atomic mass is 16.5. The molecule has 1 atom stereocenters. The molecule has 2 rings (SSSR count). The predicted molar refractivity (Wildman–Crippen MR) is 72.4 cm³/mol. The summed E-state index contributed by atoms with van der Waals surface area (Å²) in [6.07, 6.45) is 10.9. The van der Waals surface area contributed by atoms with E-state index in [1.165, 1.54) is 58.5 Å². The monoisotopic (exact) mass is 253 g/mol. The van der Waals surface area contributed by atoms with Gasteiger partial charge in [-0.2, -0.15) is 0 Å². The van der Waals surface area contributed by atoms with Crippen LogP contribution in [0.2, 0.25) is 0 Å². The van der Waals surface area contributed by atoms with Crippen molar-refractivity contribution in [1.29, 1.82) is 0 Å². The molecule has 3 nitrogen and oxygen atoms in total. The van der Waals surface area contributed by atoms with Crippen molar-refractivity contribution in [3.63, 3.8) is 0 Å². The number of methoxy groups -OCH3 is 1. The summed E-state index contributed by atoms with van der Waals surface area (Å²) in [5, 5.41) is 3.70. The van der Waals surface area contributed by atoms with Crippen LogP contribution in [0.4, 0.5) is 0 Å². The predicted octanol–water partition coefficient (Wildman–Crippen LogP) is 3.03. The van der Waals surface area contributed by atoms with Gasteiger partial charge in [-0.1, -0.05) is 32.6 Å². The van der Waals surface area contributed by atoms with E-state index in [1.807, 2.05) is 0 Å². The highest BCUT2D eigenvalue weighted by Gasteiger charge is 2.51. The maximum absolute atomic E-state index is 12.2. The van der Waals surface area contributed by atoms with Crippen LogP contribution < -0.4 is 5.32 Å². The summed E-state index contributed by atoms with van der Waals surface area (Å²) in [4.78, 5) is 12.2. The van der Waals surface area contributed by atoms with Gasteiger partial charge in [0.2, 0.25) is 0 Å². The topological polar surface area (TPSA) is 38.3 Å². The Balaban J connectivity index is 2.05. The summed E-state index contributed by atoms with van der Waals surface area (Å²) < 4.78 is 5.08. The van der Waals surface area contributed by atoms with Gasteiger partial charge in [0.25, 0.3) is 0 Å². The molecular formula is C15H27NO2. The molecule has 0 aromatic heterocycles. The molecule has 1 N–H and O–H groups in total. The van der Waals surface area contributed by atoms with E-state index in [1.54, 1.807) is 0 Å². The zero-order valence-corrected chi connectivity index (χ0v) is 11.8. The summed E-state index contributed by atoms with van der Waals surface area (Å²) in [7, 11) is 1.52. The second-order valence-corrected chi connectivity index (χ2v) is 5.92. The van der Waals surface area contributed by atoms with Crippen LogP contribution in [0.1, 0.15) is 64.7 Å². The average Bonchev–Trinajstić information content (AvgIpc) is 3.22. The Bertz CT molecular complexity index is 280. The van der Waals surface area contributed by atoms with Gasteiger partial charge in [0.05, 0.1) is 7.11 Å². The van der Waals surface area contributed by atoms with Gasteiger partial charge in [-0.15, -0.1) is 0 Å². The highest BCUT2D eigenvalue weighted by molar-refractivity contribution is 5.81. The van der Waals surface area contributed by atoms with Gasteiger partial charge >= 0.3 is 5.97 Å². The summed E-state index contributed by atoms with van der Waals surface area (Å²) in [5.41, 5.74) is -0.399. The molecule has 3 heteroatoms. The third-order valence-corrected chi connectivity index (χ3v) is 4.70. The minimum absolute atomic E-state index is 0.0447. The van der Waals surface area contributed by atoms with Gasteiger partial charge in [-0.3, -0.25) is 10.1 Å². The number of hydrogen-bond acceptors (Lipinski definition) is 3. The molecule has 104 valence electrons. The van der Waals surface area contributed by atoms with E-state index in [0.717, 1.165) is 6.42 Å². The first-order valence-corrected chi connectivity index (χ1v) is 7.59. The van der Waals surface area contributed by atoms with Crippen LogP contribution >= 0.6 is 0 Å². The Morgan fingerprint density at radius 3 is 2.22 bits per heavy atom. The number of rotatable bonds is 5. The van der Waals surface area contributed by atoms with Gasteiger partial charge in [0, 0.05) is 6.04 Å². The molecular weight excluding hydrogens is 226 g/mol. The van der Waals surface area contributed by atoms with Gasteiger partial charge in [0.1, 0.15) is 5.54 Å². The van der Waals surface area contributed by atoms with Crippen molar-refractivity contribution in [2.75, 3.05) is 7.11 Å². The molecule has 2 fully saturated rings. The quantitative estimate of drug-likeness (QED) is 0.604. The van der Waals surface area contributed by atoms with E-state index in [-0.39, 0.29) is 5.97 Å². The van der Waals surface area contributed by atoms with Crippen LogP contribution in [0.25, 0.3) is 0 Å². The molecule has 0 heterocycles. The molecule has 0 bridgehead atoms. The summed E-state index contributed by atoms with van der Waals surface area (Å²) >= 11 is 0. The van der Waals surface area contributed by atoms with Crippen LogP contribution in [0.15, 0.2) is 0 Å². The van der Waals surface area contributed by atoms with Gasteiger partial charge < -0.3 is 4.74 Å². The molecule has 2 aliphatic rings. The first kappa shape index (κ1) is 13.9. The van der Waals surface area contributed by atoms with E-state index < -0.39 is 5.54 Å². The SMILES string of the molecule is CCC(NC1CCCCCC1)(C(=O)OC)C1CC1. The Kier molecular flexibility index (Phi) is 4.66. The molecule has 0 spiro atoms. The fourth-order valence-corrected chi connectivity index (χ4v) is 3.42. The molecule has 18 heavy (non-hydrogen) atoms. The summed E-state index contributed by atoms with van der Waals surface area (Å²) in [5.74, 6) is 0.454. The smallest absolute Gasteiger partial charge is 0.326 e. The Morgan fingerprint density at radius 2 is 1.78 bits per heavy atom. The average molecular weight is 253 g/mol. The lowest BCUT2D eigenvalue weighted by Gasteiger charge is -2.35. The van der Waals surface area contributed by atoms with Crippen LogP contribution in [0.3, 0.4) is 0 Å². The van der Waals surface area contributed by atoms with Crippen LogP contribution in [0, 0.1) is 5.92 Å². The molecule has 0 saturated heterocycles. The number of nitrogens with one attached hydrogen (secondary N) is 1. The van der Waals surface area contributed by atoms with Crippen molar-refractivity contribution >= 4 is 5.97 Å². The van der Waals surface area contributed by atoms with Crippen LogP contribution in [-0.4, -0.2) is 24.7 Å². The maximum Gasteiger partial charge on any atom is 0.326 e. The molecule has 2 saturated carbocycles. The first-order chi connectivity index (χ1) is 8.73. The maximum atomic E-state index is 12.2. The largest absolute Gasteiger partial charge is 0.468 e. The number of carbonyl (C=O) groups excluding carboxylic acids is 1. The van der Waals surface area contributed by atoms with E-state index >= 15 is 0 Å². The highest BCUT2D eigenvalue weighted by Crippen LogP contribution is 2.43. The van der Waals surface area contributed by atoms with Crippen molar-refractivity contribution in [1.82, 2.24) is 5.32 Å². The first-order valence-electron chi connectivity index (χ1n) is 7.59. The Morgan fingerprint density at radius 1 is 1.17 bits per heavy atom. The van der Waals surface area contributed by atoms with Crippen molar-refractivity contribution < 1.29 is 9.53 Å². The van der Waals surface area contributed by atoms with Gasteiger partial charge in [0.15, 0.2) is 0 Å². The third kappa shape index (κ3) is 2.87. The van der Waals surface area contributed by atoms with Gasteiger partial charge in [-0.05, 0) is 38.0 Å². The third-order valence-electron chi connectivity index (χ3n) is 4.70.